The molecule has 9 heteroatoms. The second-order valence-corrected chi connectivity index (χ2v) is 8.27. The van der Waals surface area contributed by atoms with Crippen LogP contribution in [0.5, 0.6) is 0 Å². The fraction of sp³-hybridized carbons (Fsp3) is 0.333. The number of urea groups is 1. The molecule has 2 saturated heterocycles. The summed E-state index contributed by atoms with van der Waals surface area (Å²) in [5, 5.41) is 14.5. The molecule has 1 atom stereocenters. The van der Waals surface area contributed by atoms with Gasteiger partial charge in [0, 0.05) is 25.3 Å². The number of nitriles is 1. The van der Waals surface area contributed by atoms with Crippen LogP contribution >= 0.6 is 0 Å². The van der Waals surface area contributed by atoms with Gasteiger partial charge in [-0.1, -0.05) is 24.3 Å². The minimum atomic E-state index is -1.34. The number of carbonyl (C=O) groups excluding carboxylic acids is 3. The van der Waals surface area contributed by atoms with E-state index in [0.717, 1.165) is 43.3 Å². The van der Waals surface area contributed by atoms with Crippen molar-refractivity contribution in [2.24, 2.45) is 0 Å². The van der Waals surface area contributed by atoms with Gasteiger partial charge in [0.15, 0.2) is 0 Å². The molecule has 0 spiro atoms. The molecule has 33 heavy (non-hydrogen) atoms. The van der Waals surface area contributed by atoms with E-state index in [9.17, 15) is 14.4 Å². The number of nitrogens with zero attached hydrogens (tertiary/aromatic N) is 3. The van der Waals surface area contributed by atoms with Gasteiger partial charge in [0.1, 0.15) is 12.1 Å². The van der Waals surface area contributed by atoms with Crippen LogP contribution in [-0.4, -0.2) is 60.5 Å². The van der Waals surface area contributed by atoms with Gasteiger partial charge < -0.3 is 15.4 Å². The van der Waals surface area contributed by atoms with Gasteiger partial charge in [-0.05, 0) is 42.3 Å². The van der Waals surface area contributed by atoms with Crippen LogP contribution in [0.4, 0.5) is 10.5 Å². The molecule has 170 valence electrons. The lowest BCUT2D eigenvalue weighted by molar-refractivity contribution is -0.133. The lowest BCUT2D eigenvalue weighted by Gasteiger charge is -2.26. The van der Waals surface area contributed by atoms with Crippen LogP contribution < -0.4 is 10.6 Å². The van der Waals surface area contributed by atoms with E-state index in [1.165, 1.54) is 0 Å². The number of imide groups is 1. The number of carbonyl (C=O) groups is 3. The number of morpholine rings is 1. The molecular formula is C24H25N5O4. The minimum absolute atomic E-state index is 0.379. The van der Waals surface area contributed by atoms with Crippen molar-refractivity contribution in [3.63, 3.8) is 0 Å². The average molecular weight is 447 g/mol. The van der Waals surface area contributed by atoms with Crippen molar-refractivity contribution in [1.82, 2.24) is 15.1 Å². The van der Waals surface area contributed by atoms with Gasteiger partial charge in [0.05, 0.1) is 24.8 Å². The SMILES string of the molecule is CC1(c2cccc(C#N)c2)NC(=O)N(CC(=O)Nc2ccc(CN3CCOCC3)cc2)C1=O. The maximum Gasteiger partial charge on any atom is 0.325 e. The Morgan fingerprint density at radius 2 is 1.91 bits per heavy atom. The zero-order valence-corrected chi connectivity index (χ0v) is 18.3. The summed E-state index contributed by atoms with van der Waals surface area (Å²) in [4.78, 5) is 41.3. The van der Waals surface area contributed by atoms with E-state index in [1.54, 1.807) is 43.3 Å². The minimum Gasteiger partial charge on any atom is -0.379 e. The molecule has 0 aromatic heterocycles. The van der Waals surface area contributed by atoms with Gasteiger partial charge >= 0.3 is 6.03 Å². The number of ether oxygens (including phenoxy) is 1. The van der Waals surface area contributed by atoms with E-state index >= 15 is 0 Å². The number of amides is 4. The molecule has 0 bridgehead atoms. The smallest absolute Gasteiger partial charge is 0.325 e. The summed E-state index contributed by atoms with van der Waals surface area (Å²) in [5.74, 6) is -1.02. The summed E-state index contributed by atoms with van der Waals surface area (Å²) < 4.78 is 5.36. The fourth-order valence-corrected chi connectivity index (χ4v) is 3.99. The second-order valence-electron chi connectivity index (χ2n) is 8.27. The first-order valence-corrected chi connectivity index (χ1v) is 10.7. The molecule has 2 N–H and O–H groups in total. The second kappa shape index (κ2) is 9.40. The van der Waals surface area contributed by atoms with E-state index < -0.39 is 29.9 Å². The number of nitrogens with one attached hydrogen (secondary N) is 2. The van der Waals surface area contributed by atoms with Crippen molar-refractivity contribution >= 4 is 23.5 Å². The monoisotopic (exact) mass is 447 g/mol. The number of hydrogen-bond donors (Lipinski definition) is 2. The van der Waals surface area contributed by atoms with Crippen LogP contribution in [0.1, 0.15) is 23.6 Å². The molecular weight excluding hydrogens is 422 g/mol. The third-order valence-corrected chi connectivity index (χ3v) is 5.89. The molecule has 0 saturated carbocycles. The van der Waals surface area contributed by atoms with Crippen LogP contribution in [0.25, 0.3) is 0 Å². The molecule has 2 heterocycles. The van der Waals surface area contributed by atoms with Crippen molar-refractivity contribution in [2.75, 3.05) is 38.2 Å². The quantitative estimate of drug-likeness (QED) is 0.653. The molecule has 1 unspecified atom stereocenters. The Bertz CT molecular complexity index is 1100. The van der Waals surface area contributed by atoms with Crippen LogP contribution in [0, 0.1) is 11.3 Å². The molecule has 2 aromatic rings. The molecule has 2 fully saturated rings. The zero-order valence-electron chi connectivity index (χ0n) is 18.3. The highest BCUT2D eigenvalue weighted by Gasteiger charge is 2.49. The molecule has 4 rings (SSSR count). The molecule has 0 radical (unpaired) electrons. The lowest BCUT2D eigenvalue weighted by atomic mass is 9.91. The van der Waals surface area contributed by atoms with Gasteiger partial charge in [-0.3, -0.25) is 19.4 Å². The number of benzene rings is 2. The van der Waals surface area contributed by atoms with Crippen molar-refractivity contribution < 1.29 is 19.1 Å². The van der Waals surface area contributed by atoms with Crippen LogP contribution in [0.15, 0.2) is 48.5 Å². The first-order valence-electron chi connectivity index (χ1n) is 10.7. The lowest BCUT2D eigenvalue weighted by Crippen LogP contribution is -2.42. The standard InChI is InChI=1S/C24H25N5O4/c1-24(19-4-2-3-18(13-19)14-25)22(31)29(23(32)27-24)16-21(30)26-20-7-5-17(6-8-20)15-28-9-11-33-12-10-28/h2-8,13H,9-12,15-16H2,1H3,(H,26,30)(H,27,32). The first kappa shape index (κ1) is 22.5. The molecule has 2 aliphatic heterocycles. The third-order valence-electron chi connectivity index (χ3n) is 5.89. The maximum absolute atomic E-state index is 13.0. The molecule has 4 amide bonds. The van der Waals surface area contributed by atoms with Crippen molar-refractivity contribution in [3.8, 4) is 6.07 Å². The maximum atomic E-state index is 13.0. The topological polar surface area (TPSA) is 115 Å². The summed E-state index contributed by atoms with van der Waals surface area (Å²) in [6.07, 6.45) is 0. The highest BCUT2D eigenvalue weighted by Crippen LogP contribution is 2.29. The normalized spacial score (nSPS) is 20.9. The number of rotatable bonds is 6. The summed E-state index contributed by atoms with van der Waals surface area (Å²) in [5.41, 5.74) is 1.23. The highest BCUT2D eigenvalue weighted by atomic mass is 16.5. The highest BCUT2D eigenvalue weighted by molar-refractivity contribution is 6.10. The summed E-state index contributed by atoms with van der Waals surface area (Å²) in [6.45, 7) is 5.22. The summed E-state index contributed by atoms with van der Waals surface area (Å²) in [7, 11) is 0. The fourth-order valence-electron chi connectivity index (χ4n) is 3.99. The number of hydrogen-bond acceptors (Lipinski definition) is 6. The Balaban J connectivity index is 1.37. The van der Waals surface area contributed by atoms with Crippen molar-refractivity contribution in [3.05, 3.63) is 65.2 Å². The molecule has 9 nitrogen and oxygen atoms in total. The first-order chi connectivity index (χ1) is 15.9. The third kappa shape index (κ3) is 4.87. The van der Waals surface area contributed by atoms with E-state index in [4.69, 9.17) is 10.00 Å². The molecule has 2 aromatic carbocycles. The number of anilines is 1. The Morgan fingerprint density at radius 3 is 2.61 bits per heavy atom. The van der Waals surface area contributed by atoms with E-state index in [-0.39, 0.29) is 0 Å². The van der Waals surface area contributed by atoms with E-state index in [2.05, 4.69) is 15.5 Å². The summed E-state index contributed by atoms with van der Waals surface area (Å²) in [6, 6.07) is 15.3. The average Bonchev–Trinajstić information content (AvgIpc) is 3.05. The Labute approximate surface area is 191 Å². The van der Waals surface area contributed by atoms with Gasteiger partial charge in [-0.25, -0.2) is 4.79 Å². The predicted octanol–water partition coefficient (Wildman–Crippen LogP) is 1.80. The molecule has 2 aliphatic rings. The van der Waals surface area contributed by atoms with Crippen LogP contribution in [0.2, 0.25) is 0 Å². The van der Waals surface area contributed by atoms with E-state index in [0.29, 0.717) is 16.8 Å². The van der Waals surface area contributed by atoms with E-state index in [1.807, 2.05) is 18.2 Å². The van der Waals surface area contributed by atoms with Crippen LogP contribution in [-0.2, 0) is 26.4 Å². The Morgan fingerprint density at radius 1 is 1.18 bits per heavy atom. The Hall–Kier alpha value is -3.74. The van der Waals surface area contributed by atoms with Gasteiger partial charge in [0.2, 0.25) is 5.91 Å². The largest absolute Gasteiger partial charge is 0.379 e. The molecule has 0 aliphatic carbocycles. The van der Waals surface area contributed by atoms with Crippen LogP contribution in [0.3, 0.4) is 0 Å². The Kier molecular flexibility index (Phi) is 6.40. The van der Waals surface area contributed by atoms with Gasteiger partial charge in [0.25, 0.3) is 5.91 Å². The summed E-state index contributed by atoms with van der Waals surface area (Å²) >= 11 is 0. The van der Waals surface area contributed by atoms with Crippen molar-refractivity contribution in [2.45, 2.75) is 19.0 Å². The van der Waals surface area contributed by atoms with Gasteiger partial charge in [-0.15, -0.1) is 0 Å². The zero-order chi connectivity index (χ0) is 23.4. The predicted molar refractivity (Wildman–Crippen MR) is 120 cm³/mol. The van der Waals surface area contributed by atoms with Crippen molar-refractivity contribution in [1.29, 1.82) is 5.26 Å². The van der Waals surface area contributed by atoms with Gasteiger partial charge in [-0.2, -0.15) is 5.26 Å².